The molecule has 0 nitrogen and oxygen atoms in total. The summed E-state index contributed by atoms with van der Waals surface area (Å²) in [5.41, 5.74) is -3.04. The first-order chi connectivity index (χ1) is 6.15. The molecule has 14 heavy (non-hydrogen) atoms. The minimum absolute atomic E-state index is 0.246. The van der Waals surface area contributed by atoms with Crippen LogP contribution in [0.15, 0.2) is 0 Å². The van der Waals surface area contributed by atoms with Crippen molar-refractivity contribution in [2.24, 2.45) is 11.8 Å². The third-order valence-corrected chi connectivity index (χ3v) is 2.73. The molecule has 2 atom stereocenters. The predicted octanol–water partition coefficient (Wildman–Crippen LogP) is 4.35. The number of halogens is 4. The molecule has 4 heteroatoms. The van der Waals surface area contributed by atoms with Gasteiger partial charge in [0.25, 0.3) is 0 Å². The Morgan fingerprint density at radius 3 is 1.64 bits per heavy atom. The quantitative estimate of drug-likeness (QED) is 0.610. The van der Waals surface area contributed by atoms with Gasteiger partial charge in [0.1, 0.15) is 0 Å². The zero-order valence-corrected chi connectivity index (χ0v) is 9.08. The molecule has 0 radical (unpaired) electrons. The highest BCUT2D eigenvalue weighted by atomic mass is 19.4. The van der Waals surface area contributed by atoms with Crippen LogP contribution in [0.4, 0.5) is 17.6 Å². The monoisotopic (exact) mass is 214 g/mol. The van der Waals surface area contributed by atoms with E-state index in [0.29, 0.717) is 6.42 Å². The third kappa shape index (κ3) is 2.85. The molecule has 0 N–H and O–H groups in total. The molecule has 86 valence electrons. The molecule has 2 unspecified atom stereocenters. The van der Waals surface area contributed by atoms with Crippen molar-refractivity contribution >= 4 is 0 Å². The Balaban J connectivity index is 4.74. The Hall–Kier alpha value is -0.280. The molecule has 0 spiro atoms. The van der Waals surface area contributed by atoms with Crippen molar-refractivity contribution in [2.75, 3.05) is 0 Å². The molecule has 0 amide bonds. The summed E-state index contributed by atoms with van der Waals surface area (Å²) >= 11 is 0. The summed E-state index contributed by atoms with van der Waals surface area (Å²) < 4.78 is 51.2. The van der Waals surface area contributed by atoms with Gasteiger partial charge in [-0.2, -0.15) is 13.2 Å². The zero-order valence-electron chi connectivity index (χ0n) is 9.08. The Morgan fingerprint density at radius 2 is 1.43 bits per heavy atom. The molecule has 0 aliphatic carbocycles. The van der Waals surface area contributed by atoms with Gasteiger partial charge in [-0.15, -0.1) is 0 Å². The van der Waals surface area contributed by atoms with Crippen molar-refractivity contribution < 1.29 is 17.6 Å². The van der Waals surface area contributed by atoms with Gasteiger partial charge < -0.3 is 0 Å². The fourth-order valence-corrected chi connectivity index (χ4v) is 1.33. The molecule has 0 aromatic heterocycles. The van der Waals surface area contributed by atoms with Crippen LogP contribution in [0.1, 0.15) is 40.5 Å². The Bertz CT molecular complexity index is 173. The molecule has 0 fully saturated rings. The maximum atomic E-state index is 13.7. The molecule has 0 aliphatic rings. The summed E-state index contributed by atoms with van der Waals surface area (Å²) in [6.45, 7) is 5.95. The lowest BCUT2D eigenvalue weighted by molar-refractivity contribution is -0.250. The highest BCUT2D eigenvalue weighted by molar-refractivity contribution is 4.91. The Morgan fingerprint density at radius 1 is 1.00 bits per heavy atom. The van der Waals surface area contributed by atoms with Gasteiger partial charge in [0, 0.05) is 0 Å². The van der Waals surface area contributed by atoms with Gasteiger partial charge in [-0.25, -0.2) is 4.39 Å². The van der Waals surface area contributed by atoms with Crippen LogP contribution in [0.2, 0.25) is 0 Å². The van der Waals surface area contributed by atoms with E-state index in [9.17, 15) is 17.6 Å². The predicted molar refractivity (Wildman–Crippen MR) is 48.8 cm³/mol. The number of alkyl halides is 4. The van der Waals surface area contributed by atoms with E-state index < -0.39 is 24.2 Å². The minimum Gasteiger partial charge on any atom is -0.234 e. The van der Waals surface area contributed by atoms with E-state index in [4.69, 9.17) is 0 Å². The lowest BCUT2D eigenvalue weighted by atomic mass is 9.82. The van der Waals surface area contributed by atoms with Crippen molar-refractivity contribution in [1.29, 1.82) is 0 Å². The van der Waals surface area contributed by atoms with Crippen LogP contribution in [0.25, 0.3) is 0 Å². The molecule has 0 heterocycles. The van der Waals surface area contributed by atoms with Crippen LogP contribution in [-0.4, -0.2) is 11.8 Å². The third-order valence-electron chi connectivity index (χ3n) is 2.73. The normalized spacial score (nSPS) is 19.5. The number of hydrogen-bond donors (Lipinski definition) is 0. The topological polar surface area (TPSA) is 0 Å². The molecule has 0 aliphatic heterocycles. The molecule has 0 saturated heterocycles. The summed E-state index contributed by atoms with van der Waals surface area (Å²) in [6, 6.07) is 0. The van der Waals surface area contributed by atoms with Crippen molar-refractivity contribution in [1.82, 2.24) is 0 Å². The molecule has 0 aromatic carbocycles. The van der Waals surface area contributed by atoms with Crippen molar-refractivity contribution in [3.63, 3.8) is 0 Å². The summed E-state index contributed by atoms with van der Waals surface area (Å²) in [4.78, 5) is 0. The van der Waals surface area contributed by atoms with Crippen molar-refractivity contribution in [2.45, 2.75) is 52.4 Å². The lowest BCUT2D eigenvalue weighted by Crippen LogP contribution is -2.46. The van der Waals surface area contributed by atoms with Crippen LogP contribution >= 0.6 is 0 Å². The van der Waals surface area contributed by atoms with Gasteiger partial charge in [0.15, 0.2) is 0 Å². The van der Waals surface area contributed by atoms with Crippen LogP contribution in [0.3, 0.4) is 0 Å². The average molecular weight is 214 g/mol. The van der Waals surface area contributed by atoms with Crippen molar-refractivity contribution in [3.8, 4) is 0 Å². The first-order valence-corrected chi connectivity index (χ1v) is 4.90. The van der Waals surface area contributed by atoms with Gasteiger partial charge in [0.05, 0.1) is 0 Å². The molecule has 0 rings (SSSR count). The molecule has 0 bridgehead atoms. The fraction of sp³-hybridized carbons (Fsp3) is 1.00. The van der Waals surface area contributed by atoms with Crippen molar-refractivity contribution in [3.05, 3.63) is 0 Å². The first-order valence-electron chi connectivity index (χ1n) is 4.90. The highest BCUT2D eigenvalue weighted by Crippen LogP contribution is 2.44. The molecule has 0 saturated carbocycles. The highest BCUT2D eigenvalue weighted by Gasteiger charge is 2.57. The van der Waals surface area contributed by atoms with Crippen LogP contribution in [-0.2, 0) is 0 Å². The maximum absolute atomic E-state index is 13.7. The van der Waals surface area contributed by atoms with E-state index in [1.165, 1.54) is 13.8 Å². The summed E-state index contributed by atoms with van der Waals surface area (Å²) in [6.07, 6.45) is -4.64. The molecular weight excluding hydrogens is 196 g/mol. The molecule has 0 aromatic rings. The Kier molecular flexibility index (Phi) is 4.40. The van der Waals surface area contributed by atoms with Crippen LogP contribution < -0.4 is 0 Å². The summed E-state index contributed by atoms with van der Waals surface area (Å²) in [5, 5.41) is 0. The molecular formula is C10H18F4. The maximum Gasteiger partial charge on any atom is 0.422 e. The van der Waals surface area contributed by atoms with E-state index in [-0.39, 0.29) is 5.92 Å². The van der Waals surface area contributed by atoms with E-state index in [1.807, 2.05) is 0 Å². The van der Waals surface area contributed by atoms with E-state index in [0.717, 1.165) is 0 Å². The van der Waals surface area contributed by atoms with Gasteiger partial charge in [0.2, 0.25) is 5.67 Å². The van der Waals surface area contributed by atoms with Gasteiger partial charge in [-0.05, 0) is 18.3 Å². The SMILES string of the molecule is CCC(C)CC(F)(C(C)C)C(F)(F)F. The summed E-state index contributed by atoms with van der Waals surface area (Å²) in [5.74, 6) is -1.28. The summed E-state index contributed by atoms with van der Waals surface area (Å²) in [7, 11) is 0. The number of rotatable bonds is 4. The van der Waals surface area contributed by atoms with Crippen LogP contribution in [0.5, 0.6) is 0 Å². The largest absolute Gasteiger partial charge is 0.422 e. The lowest BCUT2D eigenvalue weighted by Gasteiger charge is -2.33. The first kappa shape index (κ1) is 13.7. The average Bonchev–Trinajstić information content (AvgIpc) is 2.01. The van der Waals surface area contributed by atoms with E-state index in [1.54, 1.807) is 13.8 Å². The van der Waals surface area contributed by atoms with Gasteiger partial charge >= 0.3 is 6.18 Å². The smallest absolute Gasteiger partial charge is 0.234 e. The van der Waals surface area contributed by atoms with Gasteiger partial charge in [-0.3, -0.25) is 0 Å². The zero-order chi connectivity index (χ0) is 11.6. The van der Waals surface area contributed by atoms with Gasteiger partial charge in [-0.1, -0.05) is 34.1 Å². The second kappa shape index (κ2) is 4.49. The number of hydrogen-bond acceptors (Lipinski definition) is 0. The second-order valence-electron chi connectivity index (χ2n) is 4.23. The van der Waals surface area contributed by atoms with E-state index in [2.05, 4.69) is 0 Å². The van der Waals surface area contributed by atoms with Crippen LogP contribution in [0, 0.1) is 11.8 Å². The standard InChI is InChI=1S/C10H18F4/c1-5-8(4)6-9(11,7(2)3)10(12,13)14/h7-8H,5-6H2,1-4H3. The fourth-order valence-electron chi connectivity index (χ4n) is 1.33. The second-order valence-corrected chi connectivity index (χ2v) is 4.23. The minimum atomic E-state index is -4.76. The van der Waals surface area contributed by atoms with E-state index >= 15 is 0 Å². The Labute approximate surface area is 82.7 Å².